The lowest BCUT2D eigenvalue weighted by atomic mass is 10.1. The molecule has 0 radical (unpaired) electrons. The first-order chi connectivity index (χ1) is 10.4. The Morgan fingerprint density at radius 1 is 1.32 bits per heavy atom. The number of carbonyl (C=O) groups is 1. The summed E-state index contributed by atoms with van der Waals surface area (Å²) < 4.78 is 13.7. The molecule has 0 amide bonds. The van der Waals surface area contributed by atoms with Crippen LogP contribution >= 0.6 is 11.3 Å². The number of carbonyl (C=O) groups excluding carboxylic acids is 1. The van der Waals surface area contributed by atoms with Crippen LogP contribution in [0.25, 0.3) is 21.6 Å². The SMILES string of the molecule is CC(=O)c1sc2nc(-c3ccc(C)c(F)c3)[nH]c(=O)c2c1C. The Morgan fingerprint density at radius 2 is 2.05 bits per heavy atom. The minimum absolute atomic E-state index is 0.0946. The van der Waals surface area contributed by atoms with E-state index >= 15 is 0 Å². The van der Waals surface area contributed by atoms with Crippen molar-refractivity contribution in [1.82, 2.24) is 9.97 Å². The van der Waals surface area contributed by atoms with Crippen molar-refractivity contribution in [2.24, 2.45) is 0 Å². The highest BCUT2D eigenvalue weighted by Gasteiger charge is 2.17. The fourth-order valence-corrected chi connectivity index (χ4v) is 3.43. The first-order valence-corrected chi connectivity index (χ1v) is 7.51. The van der Waals surface area contributed by atoms with Crippen molar-refractivity contribution in [3.05, 3.63) is 50.4 Å². The van der Waals surface area contributed by atoms with Gasteiger partial charge in [0.2, 0.25) is 0 Å². The van der Waals surface area contributed by atoms with E-state index < -0.39 is 0 Å². The normalized spacial score (nSPS) is 11.1. The van der Waals surface area contributed by atoms with Gasteiger partial charge in [0.1, 0.15) is 16.5 Å². The smallest absolute Gasteiger partial charge is 0.260 e. The molecule has 0 aliphatic heterocycles. The lowest BCUT2D eigenvalue weighted by molar-refractivity contribution is 0.102. The molecular formula is C16H13FN2O2S. The van der Waals surface area contributed by atoms with E-state index in [1.807, 2.05) is 0 Å². The lowest BCUT2D eigenvalue weighted by Crippen LogP contribution is -2.09. The van der Waals surface area contributed by atoms with Crippen LogP contribution in [0.5, 0.6) is 0 Å². The molecule has 0 aliphatic carbocycles. The van der Waals surface area contributed by atoms with Gasteiger partial charge in [-0.1, -0.05) is 12.1 Å². The number of Topliss-reactive ketones (excluding diaryl/α,β-unsaturated/α-hetero) is 1. The maximum atomic E-state index is 13.7. The largest absolute Gasteiger partial charge is 0.306 e. The van der Waals surface area contributed by atoms with Crippen LogP contribution in [0.1, 0.15) is 27.7 Å². The molecule has 0 spiro atoms. The Labute approximate surface area is 129 Å². The van der Waals surface area contributed by atoms with Gasteiger partial charge in [-0.3, -0.25) is 9.59 Å². The minimum Gasteiger partial charge on any atom is -0.306 e. The van der Waals surface area contributed by atoms with Crippen LogP contribution in [-0.4, -0.2) is 15.8 Å². The zero-order valence-electron chi connectivity index (χ0n) is 12.3. The number of benzene rings is 1. The van der Waals surface area contributed by atoms with Crippen LogP contribution < -0.4 is 5.56 Å². The standard InChI is InChI=1S/C16H13FN2O2S/c1-7-4-5-10(6-11(7)17)14-18-15(21)12-8(2)13(9(3)20)22-16(12)19-14/h4-6H,1-3H3,(H,18,19,21). The van der Waals surface area contributed by atoms with Crippen molar-refractivity contribution >= 4 is 27.3 Å². The summed E-state index contributed by atoms with van der Waals surface area (Å²) in [7, 11) is 0. The van der Waals surface area contributed by atoms with E-state index in [2.05, 4.69) is 9.97 Å². The number of aromatic nitrogens is 2. The topological polar surface area (TPSA) is 62.8 Å². The highest BCUT2D eigenvalue weighted by Crippen LogP contribution is 2.29. The molecular weight excluding hydrogens is 303 g/mol. The van der Waals surface area contributed by atoms with Gasteiger partial charge in [0.05, 0.1) is 10.3 Å². The number of nitrogens with one attached hydrogen (secondary N) is 1. The van der Waals surface area contributed by atoms with Gasteiger partial charge in [-0.2, -0.15) is 0 Å². The Morgan fingerprint density at radius 3 is 2.68 bits per heavy atom. The molecule has 112 valence electrons. The molecule has 1 N–H and O–H groups in total. The Kier molecular flexibility index (Phi) is 3.41. The summed E-state index contributed by atoms with van der Waals surface area (Å²) >= 11 is 1.19. The number of halogens is 1. The molecule has 3 aromatic rings. The number of H-pyrrole nitrogens is 1. The van der Waals surface area contributed by atoms with E-state index in [4.69, 9.17) is 0 Å². The summed E-state index contributed by atoms with van der Waals surface area (Å²) in [5, 5.41) is 0.423. The van der Waals surface area contributed by atoms with Gasteiger partial charge in [0.25, 0.3) is 5.56 Å². The quantitative estimate of drug-likeness (QED) is 0.735. The third-order valence-electron chi connectivity index (χ3n) is 3.57. The number of ketones is 1. The summed E-state index contributed by atoms with van der Waals surface area (Å²) in [6.45, 7) is 4.86. The monoisotopic (exact) mass is 316 g/mol. The summed E-state index contributed by atoms with van der Waals surface area (Å²) in [6.07, 6.45) is 0. The number of hydrogen-bond donors (Lipinski definition) is 1. The third kappa shape index (κ3) is 2.25. The highest BCUT2D eigenvalue weighted by atomic mass is 32.1. The van der Waals surface area contributed by atoms with Gasteiger partial charge in [-0.25, -0.2) is 9.37 Å². The van der Waals surface area contributed by atoms with E-state index in [1.54, 1.807) is 26.0 Å². The van der Waals surface area contributed by atoms with Gasteiger partial charge >= 0.3 is 0 Å². The lowest BCUT2D eigenvalue weighted by Gasteiger charge is -2.03. The summed E-state index contributed by atoms with van der Waals surface area (Å²) in [4.78, 5) is 32.0. The second-order valence-corrected chi connectivity index (χ2v) is 6.17. The van der Waals surface area contributed by atoms with Crippen molar-refractivity contribution in [1.29, 1.82) is 0 Å². The molecule has 0 unspecified atom stereocenters. The number of aromatic amines is 1. The molecule has 22 heavy (non-hydrogen) atoms. The molecule has 4 nitrogen and oxygen atoms in total. The van der Waals surface area contributed by atoms with E-state index in [0.717, 1.165) is 0 Å². The molecule has 0 saturated carbocycles. The Balaban J connectivity index is 2.27. The molecule has 0 saturated heterocycles. The average Bonchev–Trinajstić information content (AvgIpc) is 2.79. The summed E-state index contributed by atoms with van der Waals surface area (Å²) in [5.74, 6) is -0.150. The zero-order valence-corrected chi connectivity index (χ0v) is 13.1. The number of fused-ring (bicyclic) bond motifs is 1. The summed E-state index contributed by atoms with van der Waals surface area (Å²) in [5.41, 5.74) is 1.35. The van der Waals surface area contributed by atoms with E-state index in [0.29, 0.717) is 37.6 Å². The number of aryl methyl sites for hydroxylation is 2. The molecule has 3 rings (SSSR count). The first-order valence-electron chi connectivity index (χ1n) is 6.69. The van der Waals surface area contributed by atoms with Crippen molar-refractivity contribution in [2.75, 3.05) is 0 Å². The molecule has 0 fully saturated rings. The van der Waals surface area contributed by atoms with E-state index in [9.17, 15) is 14.0 Å². The molecule has 0 bridgehead atoms. The van der Waals surface area contributed by atoms with Crippen LogP contribution in [-0.2, 0) is 0 Å². The van der Waals surface area contributed by atoms with Gasteiger partial charge in [0, 0.05) is 5.56 Å². The van der Waals surface area contributed by atoms with Crippen LogP contribution in [0.4, 0.5) is 4.39 Å². The van der Waals surface area contributed by atoms with Gasteiger partial charge < -0.3 is 4.98 Å². The van der Waals surface area contributed by atoms with Crippen molar-refractivity contribution < 1.29 is 9.18 Å². The average molecular weight is 316 g/mol. The molecule has 6 heteroatoms. The number of thiophene rings is 1. The van der Waals surface area contributed by atoms with Gasteiger partial charge in [-0.05, 0) is 38.0 Å². The third-order valence-corrected chi connectivity index (χ3v) is 4.85. The maximum Gasteiger partial charge on any atom is 0.260 e. The van der Waals surface area contributed by atoms with E-state index in [-0.39, 0.29) is 17.2 Å². The minimum atomic E-state index is -0.355. The molecule has 1 aromatic carbocycles. The number of hydrogen-bond acceptors (Lipinski definition) is 4. The first kappa shape index (κ1) is 14.6. The van der Waals surface area contributed by atoms with Crippen LogP contribution in [0.15, 0.2) is 23.0 Å². The van der Waals surface area contributed by atoms with Crippen LogP contribution in [0, 0.1) is 19.7 Å². The molecule has 2 aromatic heterocycles. The van der Waals surface area contributed by atoms with Crippen molar-refractivity contribution in [3.63, 3.8) is 0 Å². The van der Waals surface area contributed by atoms with Crippen LogP contribution in [0.2, 0.25) is 0 Å². The fraction of sp³-hybridized carbons (Fsp3) is 0.188. The summed E-state index contributed by atoms with van der Waals surface area (Å²) in [6, 6.07) is 4.68. The Hall–Kier alpha value is -2.34. The molecule has 0 aliphatic rings. The van der Waals surface area contributed by atoms with Gasteiger partial charge in [-0.15, -0.1) is 11.3 Å². The van der Waals surface area contributed by atoms with Crippen molar-refractivity contribution in [2.45, 2.75) is 20.8 Å². The van der Waals surface area contributed by atoms with E-state index in [1.165, 1.54) is 24.3 Å². The number of rotatable bonds is 2. The highest BCUT2D eigenvalue weighted by molar-refractivity contribution is 7.20. The van der Waals surface area contributed by atoms with Crippen LogP contribution in [0.3, 0.4) is 0 Å². The zero-order chi connectivity index (χ0) is 16.0. The maximum absolute atomic E-state index is 13.7. The predicted octanol–water partition coefficient (Wildman–Crippen LogP) is 3.61. The molecule has 2 heterocycles. The fourth-order valence-electron chi connectivity index (χ4n) is 2.36. The number of nitrogens with zero attached hydrogens (tertiary/aromatic N) is 1. The second kappa shape index (κ2) is 5.14. The second-order valence-electron chi connectivity index (χ2n) is 5.17. The molecule has 0 atom stereocenters. The predicted molar refractivity (Wildman–Crippen MR) is 85.1 cm³/mol. The van der Waals surface area contributed by atoms with Gasteiger partial charge in [0.15, 0.2) is 5.78 Å². The van der Waals surface area contributed by atoms with Crippen molar-refractivity contribution in [3.8, 4) is 11.4 Å². The Bertz CT molecular complexity index is 972.